The summed E-state index contributed by atoms with van der Waals surface area (Å²) in [7, 11) is 3.17. The van der Waals surface area contributed by atoms with E-state index in [1.54, 1.807) is 51.3 Å². The zero-order chi connectivity index (χ0) is 20.9. The Morgan fingerprint density at radius 3 is 2.60 bits per heavy atom. The number of methoxy groups -OCH3 is 2. The number of nitrogens with one attached hydrogen (secondary N) is 1. The molecule has 1 saturated heterocycles. The van der Waals surface area contributed by atoms with Gasteiger partial charge in [0, 0.05) is 43.5 Å². The van der Waals surface area contributed by atoms with Crippen molar-refractivity contribution in [2.45, 2.75) is 12.8 Å². The lowest BCUT2D eigenvalue weighted by Gasteiger charge is -2.32. The molecule has 1 N–H and O–H groups in total. The van der Waals surface area contributed by atoms with Gasteiger partial charge in [-0.2, -0.15) is 0 Å². The van der Waals surface area contributed by atoms with E-state index >= 15 is 0 Å². The zero-order valence-corrected chi connectivity index (χ0v) is 17.0. The number of benzene rings is 1. The fourth-order valence-corrected chi connectivity index (χ4v) is 3.56. The second-order valence-electron chi connectivity index (χ2n) is 7.02. The molecule has 1 aliphatic rings. The number of aromatic nitrogens is 4. The van der Waals surface area contributed by atoms with E-state index < -0.39 is 0 Å². The average Bonchev–Trinajstić information content (AvgIpc) is 3.34. The molecule has 3 heterocycles. The number of ether oxygens (including phenoxy) is 2. The van der Waals surface area contributed by atoms with Gasteiger partial charge in [0.25, 0.3) is 0 Å². The Hall–Kier alpha value is -3.62. The molecule has 156 valence electrons. The van der Waals surface area contributed by atoms with Gasteiger partial charge in [0.2, 0.25) is 5.91 Å². The fourth-order valence-electron chi connectivity index (χ4n) is 3.56. The predicted molar refractivity (Wildman–Crippen MR) is 112 cm³/mol. The molecule has 0 unspecified atom stereocenters. The largest absolute Gasteiger partial charge is 0.497 e. The summed E-state index contributed by atoms with van der Waals surface area (Å²) >= 11 is 0. The third-order valence-corrected chi connectivity index (χ3v) is 5.26. The summed E-state index contributed by atoms with van der Waals surface area (Å²) in [6, 6.07) is 7.28. The summed E-state index contributed by atoms with van der Waals surface area (Å²) in [5.41, 5.74) is 0.616. The third kappa shape index (κ3) is 4.19. The maximum absolute atomic E-state index is 12.8. The van der Waals surface area contributed by atoms with Crippen molar-refractivity contribution in [3.63, 3.8) is 0 Å². The van der Waals surface area contributed by atoms with Crippen molar-refractivity contribution in [2.24, 2.45) is 5.92 Å². The highest BCUT2D eigenvalue weighted by atomic mass is 16.5. The van der Waals surface area contributed by atoms with Crippen LogP contribution in [0.5, 0.6) is 11.5 Å². The summed E-state index contributed by atoms with van der Waals surface area (Å²) < 4.78 is 12.4. The zero-order valence-electron chi connectivity index (χ0n) is 17.0. The number of imidazole rings is 1. The molecule has 30 heavy (non-hydrogen) atoms. The molecule has 2 aromatic heterocycles. The molecule has 9 nitrogen and oxygen atoms in total. The minimum absolute atomic E-state index is 0.0111. The van der Waals surface area contributed by atoms with Crippen molar-refractivity contribution in [1.82, 2.24) is 19.5 Å². The Morgan fingerprint density at radius 2 is 1.90 bits per heavy atom. The number of hydrogen-bond acceptors (Lipinski definition) is 7. The van der Waals surface area contributed by atoms with Gasteiger partial charge < -0.3 is 19.7 Å². The van der Waals surface area contributed by atoms with Crippen molar-refractivity contribution in [1.29, 1.82) is 0 Å². The van der Waals surface area contributed by atoms with Gasteiger partial charge in [0.15, 0.2) is 0 Å². The van der Waals surface area contributed by atoms with Crippen molar-refractivity contribution in [3.05, 3.63) is 49.3 Å². The predicted octanol–water partition coefficient (Wildman–Crippen LogP) is 2.53. The summed E-state index contributed by atoms with van der Waals surface area (Å²) in [6.45, 7) is 1.49. The van der Waals surface area contributed by atoms with Gasteiger partial charge in [0.1, 0.15) is 35.8 Å². The standard InChI is InChI=1S/C21H24N6O3/c1-29-16-3-4-18(30-2)17(11-16)25-21(28)15-5-8-26(9-6-15)19-12-20(24-13-23-19)27-10-7-22-14-27/h3-4,7,10-15H,5-6,8-9H2,1-2H3,(H,25,28). The van der Waals surface area contributed by atoms with Crippen LogP contribution in [-0.2, 0) is 4.79 Å². The highest BCUT2D eigenvalue weighted by Gasteiger charge is 2.26. The van der Waals surface area contributed by atoms with Crippen LogP contribution in [0.2, 0.25) is 0 Å². The van der Waals surface area contributed by atoms with E-state index in [1.807, 2.05) is 16.8 Å². The molecule has 0 saturated carbocycles. The number of carbonyl (C=O) groups excluding carboxylic acids is 1. The number of amides is 1. The molecular weight excluding hydrogens is 384 g/mol. The van der Waals surface area contributed by atoms with Crippen molar-refractivity contribution in [3.8, 4) is 17.3 Å². The molecule has 9 heteroatoms. The highest BCUT2D eigenvalue weighted by Crippen LogP contribution is 2.30. The number of hydrogen-bond donors (Lipinski definition) is 1. The lowest BCUT2D eigenvalue weighted by Crippen LogP contribution is -2.38. The maximum Gasteiger partial charge on any atom is 0.227 e. The number of nitrogens with zero attached hydrogens (tertiary/aromatic N) is 5. The molecule has 0 radical (unpaired) electrons. The number of anilines is 2. The van der Waals surface area contributed by atoms with Gasteiger partial charge >= 0.3 is 0 Å². The van der Waals surface area contributed by atoms with E-state index in [0.717, 1.165) is 37.6 Å². The van der Waals surface area contributed by atoms with Gasteiger partial charge in [-0.1, -0.05) is 0 Å². The summed E-state index contributed by atoms with van der Waals surface area (Å²) in [4.78, 5) is 27.8. The first kappa shape index (κ1) is 19.7. The molecule has 1 amide bonds. The molecule has 1 fully saturated rings. The molecule has 0 aliphatic carbocycles. The van der Waals surface area contributed by atoms with Crippen molar-refractivity contribution < 1.29 is 14.3 Å². The smallest absolute Gasteiger partial charge is 0.227 e. The van der Waals surface area contributed by atoms with Gasteiger partial charge in [-0.05, 0) is 25.0 Å². The van der Waals surface area contributed by atoms with Crippen LogP contribution >= 0.6 is 0 Å². The van der Waals surface area contributed by atoms with Crippen LogP contribution in [0.4, 0.5) is 11.5 Å². The van der Waals surface area contributed by atoms with Gasteiger partial charge in [-0.3, -0.25) is 9.36 Å². The third-order valence-electron chi connectivity index (χ3n) is 5.26. The summed E-state index contributed by atoms with van der Waals surface area (Å²) in [6.07, 6.45) is 8.29. The normalized spacial score (nSPS) is 14.4. The topological polar surface area (TPSA) is 94.4 Å². The Labute approximate surface area is 174 Å². The number of carbonyl (C=O) groups is 1. The SMILES string of the molecule is COc1ccc(OC)c(NC(=O)C2CCN(c3cc(-n4ccnc4)ncn3)CC2)c1. The van der Waals surface area contributed by atoms with Crippen LogP contribution in [0.3, 0.4) is 0 Å². The van der Waals surface area contributed by atoms with Gasteiger partial charge in [0.05, 0.1) is 19.9 Å². The molecule has 4 rings (SSSR count). The van der Waals surface area contributed by atoms with E-state index in [2.05, 4.69) is 25.2 Å². The minimum Gasteiger partial charge on any atom is -0.497 e. The second kappa shape index (κ2) is 8.81. The average molecular weight is 408 g/mol. The quantitative estimate of drug-likeness (QED) is 0.670. The lowest BCUT2D eigenvalue weighted by molar-refractivity contribution is -0.120. The van der Waals surface area contributed by atoms with E-state index in [0.29, 0.717) is 17.2 Å². The van der Waals surface area contributed by atoms with Gasteiger partial charge in [-0.25, -0.2) is 15.0 Å². The van der Waals surface area contributed by atoms with Crippen LogP contribution in [0.15, 0.2) is 49.3 Å². The minimum atomic E-state index is -0.0767. The van der Waals surface area contributed by atoms with Crippen LogP contribution in [-0.4, -0.2) is 52.7 Å². The molecule has 1 aliphatic heterocycles. The van der Waals surface area contributed by atoms with E-state index in [4.69, 9.17) is 9.47 Å². The van der Waals surface area contributed by atoms with Crippen molar-refractivity contribution in [2.75, 3.05) is 37.5 Å². The summed E-state index contributed by atoms with van der Waals surface area (Å²) in [5.74, 6) is 2.80. The van der Waals surface area contributed by atoms with Crippen LogP contribution in [0.1, 0.15) is 12.8 Å². The van der Waals surface area contributed by atoms with E-state index in [9.17, 15) is 4.79 Å². The van der Waals surface area contributed by atoms with E-state index in [-0.39, 0.29) is 11.8 Å². The van der Waals surface area contributed by atoms with Crippen LogP contribution < -0.4 is 19.7 Å². The molecule has 0 atom stereocenters. The lowest BCUT2D eigenvalue weighted by atomic mass is 9.95. The first-order valence-electron chi connectivity index (χ1n) is 9.76. The molecule has 3 aromatic rings. The van der Waals surface area contributed by atoms with Gasteiger partial charge in [-0.15, -0.1) is 0 Å². The second-order valence-corrected chi connectivity index (χ2v) is 7.02. The Morgan fingerprint density at radius 1 is 1.10 bits per heavy atom. The first-order chi connectivity index (χ1) is 14.7. The number of piperidine rings is 1. The maximum atomic E-state index is 12.8. The van der Waals surface area contributed by atoms with E-state index in [1.165, 1.54) is 0 Å². The van der Waals surface area contributed by atoms with Crippen LogP contribution in [0, 0.1) is 5.92 Å². The first-order valence-corrected chi connectivity index (χ1v) is 9.76. The monoisotopic (exact) mass is 408 g/mol. The van der Waals surface area contributed by atoms with Crippen LogP contribution in [0.25, 0.3) is 5.82 Å². The molecular formula is C21H24N6O3. The Kier molecular flexibility index (Phi) is 5.78. The highest BCUT2D eigenvalue weighted by molar-refractivity contribution is 5.94. The molecule has 1 aromatic carbocycles. The molecule has 0 bridgehead atoms. The fraction of sp³-hybridized carbons (Fsp3) is 0.333. The Balaban J connectivity index is 1.39. The molecule has 0 spiro atoms. The number of rotatable bonds is 6. The summed E-state index contributed by atoms with van der Waals surface area (Å²) in [5, 5.41) is 2.99. The Bertz CT molecular complexity index is 1000. The van der Waals surface area contributed by atoms with Crippen molar-refractivity contribution >= 4 is 17.4 Å².